The predicted molar refractivity (Wildman–Crippen MR) is 75.2 cm³/mol. The number of halogens is 1. The number of rotatable bonds is 3. The third-order valence-corrected chi connectivity index (χ3v) is 4.43. The first-order valence-corrected chi connectivity index (χ1v) is 6.93. The van der Waals surface area contributed by atoms with Crippen LogP contribution in [0.5, 0.6) is 0 Å². The van der Waals surface area contributed by atoms with Crippen molar-refractivity contribution < 1.29 is 0 Å². The minimum atomic E-state index is 0.752. The molecule has 1 fully saturated rings. The molecule has 1 saturated carbocycles. The summed E-state index contributed by atoms with van der Waals surface area (Å²) in [6, 6.07) is 7.38. The third-order valence-electron chi connectivity index (χ3n) is 3.54. The zero-order valence-electron chi connectivity index (χ0n) is 10.3. The molecule has 0 radical (unpaired) electrons. The number of nitrogens with zero attached hydrogens (tertiary/aromatic N) is 1. The Morgan fingerprint density at radius 3 is 2.88 bits per heavy atom. The number of benzene rings is 1. The lowest BCUT2D eigenvalue weighted by Crippen LogP contribution is -2.17. The van der Waals surface area contributed by atoms with Crippen LogP contribution in [0.15, 0.2) is 22.7 Å². The Morgan fingerprint density at radius 2 is 2.18 bits per heavy atom. The van der Waals surface area contributed by atoms with E-state index in [-0.39, 0.29) is 0 Å². The van der Waals surface area contributed by atoms with E-state index in [9.17, 15) is 0 Å². The van der Waals surface area contributed by atoms with Crippen molar-refractivity contribution in [3.8, 4) is 0 Å². The second-order valence-electron chi connectivity index (χ2n) is 5.00. The van der Waals surface area contributed by atoms with Gasteiger partial charge in [0, 0.05) is 40.7 Å². The Morgan fingerprint density at radius 1 is 1.41 bits per heavy atom. The highest BCUT2D eigenvalue weighted by atomic mass is 79.9. The fourth-order valence-electron chi connectivity index (χ4n) is 2.29. The van der Waals surface area contributed by atoms with Gasteiger partial charge >= 0.3 is 0 Å². The van der Waals surface area contributed by atoms with Crippen LogP contribution in [0.25, 0.3) is 10.9 Å². The minimum absolute atomic E-state index is 0.752. The van der Waals surface area contributed by atoms with Gasteiger partial charge in [-0.25, -0.2) is 0 Å². The lowest BCUT2D eigenvalue weighted by molar-refractivity contribution is 0.653. The molecule has 0 unspecified atom stereocenters. The van der Waals surface area contributed by atoms with Crippen LogP contribution in [0.3, 0.4) is 0 Å². The van der Waals surface area contributed by atoms with E-state index in [1.165, 1.54) is 39.5 Å². The summed E-state index contributed by atoms with van der Waals surface area (Å²) in [5.41, 5.74) is 3.96. The average molecular weight is 293 g/mol. The van der Waals surface area contributed by atoms with Gasteiger partial charge in [-0.1, -0.05) is 11.6 Å². The Bertz CT molecular complexity index is 567. The van der Waals surface area contributed by atoms with Gasteiger partial charge in [-0.3, -0.25) is 0 Å². The normalized spacial score (nSPS) is 15.7. The van der Waals surface area contributed by atoms with Crippen LogP contribution in [0.1, 0.15) is 24.1 Å². The molecule has 3 heteroatoms. The van der Waals surface area contributed by atoms with E-state index >= 15 is 0 Å². The molecule has 1 N–H and O–H groups in total. The zero-order chi connectivity index (χ0) is 12.0. The van der Waals surface area contributed by atoms with Crippen LogP contribution in [0, 0.1) is 6.92 Å². The Hall–Kier alpha value is -0.800. The SMILES string of the molecule is Cc1ccc2c(c1)c(Br)c(CNC1CC1)n2C. The maximum absolute atomic E-state index is 3.75. The van der Waals surface area contributed by atoms with E-state index in [1.54, 1.807) is 0 Å². The van der Waals surface area contributed by atoms with E-state index < -0.39 is 0 Å². The molecule has 1 aromatic heterocycles. The standard InChI is InChI=1S/C14H17BrN2/c1-9-3-6-12-11(7-9)14(15)13(17(12)2)8-16-10-4-5-10/h3,6-7,10,16H,4-5,8H2,1-2H3. The minimum Gasteiger partial charge on any atom is -0.345 e. The molecule has 0 spiro atoms. The fourth-order valence-corrected chi connectivity index (χ4v) is 3.01. The first-order valence-electron chi connectivity index (χ1n) is 6.13. The van der Waals surface area contributed by atoms with Gasteiger partial charge in [0.05, 0.1) is 0 Å². The fraction of sp³-hybridized carbons (Fsp3) is 0.429. The number of hydrogen-bond donors (Lipinski definition) is 1. The first kappa shape index (κ1) is 11.3. The topological polar surface area (TPSA) is 17.0 Å². The number of aryl methyl sites for hydroxylation is 2. The summed E-state index contributed by atoms with van der Waals surface area (Å²) >= 11 is 3.75. The van der Waals surface area contributed by atoms with Crippen molar-refractivity contribution in [1.29, 1.82) is 0 Å². The van der Waals surface area contributed by atoms with Crippen molar-refractivity contribution in [2.24, 2.45) is 7.05 Å². The highest BCUT2D eigenvalue weighted by Crippen LogP contribution is 2.31. The maximum atomic E-state index is 3.75. The summed E-state index contributed by atoms with van der Waals surface area (Å²) in [6.07, 6.45) is 2.67. The lowest BCUT2D eigenvalue weighted by Gasteiger charge is -2.06. The molecule has 0 amide bonds. The van der Waals surface area contributed by atoms with Gasteiger partial charge in [-0.15, -0.1) is 0 Å². The molecule has 2 aromatic rings. The van der Waals surface area contributed by atoms with Crippen molar-refractivity contribution in [3.05, 3.63) is 33.9 Å². The maximum Gasteiger partial charge on any atom is 0.0492 e. The van der Waals surface area contributed by atoms with Crippen LogP contribution in [-0.4, -0.2) is 10.6 Å². The van der Waals surface area contributed by atoms with Gasteiger partial charge in [-0.2, -0.15) is 0 Å². The zero-order valence-corrected chi connectivity index (χ0v) is 11.8. The van der Waals surface area contributed by atoms with Crippen molar-refractivity contribution >= 4 is 26.8 Å². The summed E-state index contributed by atoms with van der Waals surface area (Å²) < 4.78 is 3.53. The Balaban J connectivity index is 2.03. The molecule has 0 saturated heterocycles. The number of aromatic nitrogens is 1. The second-order valence-corrected chi connectivity index (χ2v) is 5.79. The van der Waals surface area contributed by atoms with E-state index in [2.05, 4.69) is 58.0 Å². The van der Waals surface area contributed by atoms with Crippen LogP contribution in [0.2, 0.25) is 0 Å². The number of nitrogens with one attached hydrogen (secondary N) is 1. The van der Waals surface area contributed by atoms with Gasteiger partial charge in [0.15, 0.2) is 0 Å². The van der Waals surface area contributed by atoms with Gasteiger partial charge in [0.1, 0.15) is 0 Å². The lowest BCUT2D eigenvalue weighted by atomic mass is 10.2. The smallest absolute Gasteiger partial charge is 0.0492 e. The number of hydrogen-bond acceptors (Lipinski definition) is 1. The van der Waals surface area contributed by atoms with E-state index in [0.29, 0.717) is 0 Å². The molecule has 0 atom stereocenters. The van der Waals surface area contributed by atoms with Gasteiger partial charge in [-0.05, 0) is 47.8 Å². The monoisotopic (exact) mass is 292 g/mol. The molecular formula is C14H17BrN2. The highest BCUT2D eigenvalue weighted by Gasteiger charge is 2.21. The van der Waals surface area contributed by atoms with Crippen molar-refractivity contribution in [1.82, 2.24) is 9.88 Å². The predicted octanol–water partition coefficient (Wildman–Crippen LogP) is 3.50. The third kappa shape index (κ3) is 2.02. The van der Waals surface area contributed by atoms with Crippen LogP contribution in [0.4, 0.5) is 0 Å². The summed E-state index contributed by atoms with van der Waals surface area (Å²) in [4.78, 5) is 0. The molecule has 1 aliphatic rings. The number of fused-ring (bicyclic) bond motifs is 1. The van der Waals surface area contributed by atoms with Crippen molar-refractivity contribution in [3.63, 3.8) is 0 Å². The second kappa shape index (κ2) is 4.14. The first-order chi connectivity index (χ1) is 8.16. The highest BCUT2D eigenvalue weighted by molar-refractivity contribution is 9.10. The summed E-state index contributed by atoms with van der Waals surface area (Å²) in [5, 5.41) is 4.90. The summed E-state index contributed by atoms with van der Waals surface area (Å²) in [5.74, 6) is 0. The van der Waals surface area contributed by atoms with Crippen molar-refractivity contribution in [2.45, 2.75) is 32.4 Å². The molecule has 1 aliphatic carbocycles. The molecule has 3 rings (SSSR count). The summed E-state index contributed by atoms with van der Waals surface area (Å²) in [7, 11) is 2.15. The average Bonchev–Trinajstić information content (AvgIpc) is 3.09. The quantitative estimate of drug-likeness (QED) is 0.916. The summed E-state index contributed by atoms with van der Waals surface area (Å²) in [6.45, 7) is 3.09. The van der Waals surface area contributed by atoms with Crippen LogP contribution in [-0.2, 0) is 13.6 Å². The molecule has 0 bridgehead atoms. The molecule has 0 aliphatic heterocycles. The van der Waals surface area contributed by atoms with Gasteiger partial charge < -0.3 is 9.88 Å². The molecule has 90 valence electrons. The largest absolute Gasteiger partial charge is 0.345 e. The van der Waals surface area contributed by atoms with Gasteiger partial charge in [0.25, 0.3) is 0 Å². The van der Waals surface area contributed by atoms with E-state index in [0.717, 1.165) is 12.6 Å². The Kier molecular flexibility index (Phi) is 2.75. The van der Waals surface area contributed by atoms with Crippen LogP contribution < -0.4 is 5.32 Å². The van der Waals surface area contributed by atoms with E-state index in [4.69, 9.17) is 0 Å². The Labute approximate surface area is 110 Å². The van der Waals surface area contributed by atoms with E-state index in [1.807, 2.05) is 0 Å². The van der Waals surface area contributed by atoms with Crippen molar-refractivity contribution in [2.75, 3.05) is 0 Å². The molecule has 17 heavy (non-hydrogen) atoms. The van der Waals surface area contributed by atoms with Gasteiger partial charge in [0.2, 0.25) is 0 Å². The van der Waals surface area contributed by atoms with Crippen LogP contribution >= 0.6 is 15.9 Å². The molecular weight excluding hydrogens is 276 g/mol. The molecule has 1 heterocycles. The molecule has 1 aromatic carbocycles. The molecule has 2 nitrogen and oxygen atoms in total.